The molecule has 0 spiro atoms. The lowest BCUT2D eigenvalue weighted by atomic mass is 10.1. The first-order chi connectivity index (χ1) is 9.76. The van der Waals surface area contributed by atoms with Gasteiger partial charge in [0.1, 0.15) is 6.54 Å². The molecule has 1 aromatic carbocycles. The van der Waals surface area contributed by atoms with Crippen molar-refractivity contribution in [2.75, 3.05) is 13.7 Å². The molecule has 0 radical (unpaired) electrons. The second kappa shape index (κ2) is 6.83. The molecule has 1 rings (SSSR count). The first-order valence-electron chi connectivity index (χ1n) is 6.40. The number of hydrogen-bond acceptors (Lipinski definition) is 5. The average Bonchev–Trinajstić information content (AvgIpc) is 2.42. The molecular weight excluding hydrogens is 276 g/mol. The van der Waals surface area contributed by atoms with E-state index in [1.54, 1.807) is 26.8 Å². The van der Waals surface area contributed by atoms with Gasteiger partial charge in [-0.05, 0) is 32.4 Å². The van der Waals surface area contributed by atoms with Gasteiger partial charge in [-0.3, -0.25) is 19.7 Å². The molecule has 21 heavy (non-hydrogen) atoms. The maximum atomic E-state index is 12.5. The molecule has 0 saturated heterocycles. The van der Waals surface area contributed by atoms with Crippen molar-refractivity contribution in [3.63, 3.8) is 0 Å². The van der Waals surface area contributed by atoms with E-state index < -0.39 is 16.8 Å². The lowest BCUT2D eigenvalue weighted by Gasteiger charge is -2.25. The first kappa shape index (κ1) is 16.6. The Labute approximate surface area is 122 Å². The number of methoxy groups -OCH3 is 1. The number of nitrogens with zero attached hydrogens (tertiary/aromatic N) is 2. The summed E-state index contributed by atoms with van der Waals surface area (Å²) in [6.45, 7) is 4.98. The molecule has 0 aliphatic heterocycles. The summed E-state index contributed by atoms with van der Waals surface area (Å²) in [5.74, 6) is -0.985. The molecule has 0 aromatic heterocycles. The van der Waals surface area contributed by atoms with Gasteiger partial charge < -0.3 is 9.64 Å². The molecule has 0 atom stereocenters. The average molecular weight is 294 g/mol. The summed E-state index contributed by atoms with van der Waals surface area (Å²) in [6.07, 6.45) is 0. The van der Waals surface area contributed by atoms with E-state index in [2.05, 4.69) is 4.74 Å². The van der Waals surface area contributed by atoms with Gasteiger partial charge in [0.15, 0.2) is 0 Å². The molecule has 0 heterocycles. The van der Waals surface area contributed by atoms with Crippen LogP contribution in [-0.4, -0.2) is 41.4 Å². The van der Waals surface area contributed by atoms with Crippen LogP contribution in [0.5, 0.6) is 0 Å². The van der Waals surface area contributed by atoms with Crippen molar-refractivity contribution in [1.82, 2.24) is 4.90 Å². The zero-order chi connectivity index (χ0) is 16.2. The number of esters is 1. The normalized spacial score (nSPS) is 10.3. The quantitative estimate of drug-likeness (QED) is 0.470. The van der Waals surface area contributed by atoms with Gasteiger partial charge in [-0.25, -0.2) is 0 Å². The lowest BCUT2D eigenvalue weighted by molar-refractivity contribution is -0.384. The molecule has 7 nitrogen and oxygen atoms in total. The highest BCUT2D eigenvalue weighted by Crippen LogP contribution is 2.19. The summed E-state index contributed by atoms with van der Waals surface area (Å²) in [5.41, 5.74) is 0.633. The van der Waals surface area contributed by atoms with Gasteiger partial charge >= 0.3 is 5.97 Å². The topological polar surface area (TPSA) is 89.8 Å². The van der Waals surface area contributed by atoms with E-state index in [1.165, 1.54) is 24.1 Å². The number of carbonyl (C=O) groups excluding carboxylic acids is 2. The Hall–Kier alpha value is -2.44. The van der Waals surface area contributed by atoms with Crippen LogP contribution in [0.25, 0.3) is 0 Å². The fourth-order valence-electron chi connectivity index (χ4n) is 1.85. The molecule has 0 unspecified atom stereocenters. The highest BCUT2D eigenvalue weighted by molar-refractivity contribution is 5.97. The summed E-state index contributed by atoms with van der Waals surface area (Å²) in [4.78, 5) is 35.5. The van der Waals surface area contributed by atoms with E-state index in [0.717, 1.165) is 0 Å². The molecule has 0 bridgehead atoms. The monoisotopic (exact) mass is 294 g/mol. The lowest BCUT2D eigenvalue weighted by Crippen LogP contribution is -2.41. The second-order valence-electron chi connectivity index (χ2n) is 4.92. The van der Waals surface area contributed by atoms with Crippen molar-refractivity contribution < 1.29 is 19.2 Å². The van der Waals surface area contributed by atoms with Gasteiger partial charge in [-0.2, -0.15) is 0 Å². The van der Waals surface area contributed by atoms with Gasteiger partial charge in [0.05, 0.1) is 12.0 Å². The van der Waals surface area contributed by atoms with Crippen LogP contribution >= 0.6 is 0 Å². The third kappa shape index (κ3) is 4.27. The number of aryl methyl sites for hydroxylation is 1. The molecular formula is C14H18N2O5. The number of carbonyl (C=O) groups is 2. The minimum atomic E-state index is -0.552. The van der Waals surface area contributed by atoms with Crippen molar-refractivity contribution in [1.29, 1.82) is 0 Å². The largest absolute Gasteiger partial charge is 0.468 e. The third-order valence-electron chi connectivity index (χ3n) is 2.93. The van der Waals surface area contributed by atoms with Crippen molar-refractivity contribution in [2.24, 2.45) is 0 Å². The molecule has 0 aliphatic rings. The SMILES string of the molecule is COC(=O)CN(C(=O)c1cc(C)cc([N+](=O)[O-])c1)C(C)C. The van der Waals surface area contributed by atoms with Crippen molar-refractivity contribution in [2.45, 2.75) is 26.8 Å². The van der Waals surface area contributed by atoms with Crippen molar-refractivity contribution >= 4 is 17.6 Å². The van der Waals surface area contributed by atoms with E-state index in [0.29, 0.717) is 5.56 Å². The van der Waals surface area contributed by atoms with Crippen LogP contribution in [0.4, 0.5) is 5.69 Å². The Bertz CT molecular complexity index is 568. The maximum Gasteiger partial charge on any atom is 0.325 e. The summed E-state index contributed by atoms with van der Waals surface area (Å²) in [6, 6.07) is 3.91. The van der Waals surface area contributed by atoms with Crippen LogP contribution in [0.15, 0.2) is 18.2 Å². The van der Waals surface area contributed by atoms with Gasteiger partial charge in [-0.15, -0.1) is 0 Å². The minimum Gasteiger partial charge on any atom is -0.468 e. The number of ether oxygens (including phenoxy) is 1. The van der Waals surface area contributed by atoms with E-state index in [-0.39, 0.29) is 23.8 Å². The second-order valence-corrected chi connectivity index (χ2v) is 4.92. The Morgan fingerprint density at radius 3 is 2.43 bits per heavy atom. The van der Waals surface area contributed by atoms with Crippen LogP contribution in [0.3, 0.4) is 0 Å². The Balaban J connectivity index is 3.14. The summed E-state index contributed by atoms with van der Waals surface area (Å²) in [7, 11) is 1.24. The molecule has 0 aliphatic carbocycles. The highest BCUT2D eigenvalue weighted by atomic mass is 16.6. The Morgan fingerprint density at radius 1 is 1.33 bits per heavy atom. The fourth-order valence-corrected chi connectivity index (χ4v) is 1.85. The standard InChI is InChI=1S/C14H18N2O5/c1-9(2)15(8-13(17)21-4)14(18)11-5-10(3)6-12(7-11)16(19)20/h5-7,9H,8H2,1-4H3. The van der Waals surface area contributed by atoms with Crippen LogP contribution < -0.4 is 0 Å². The molecule has 114 valence electrons. The zero-order valence-corrected chi connectivity index (χ0v) is 12.5. The van der Waals surface area contributed by atoms with Crippen LogP contribution in [0.1, 0.15) is 29.8 Å². The first-order valence-corrected chi connectivity index (χ1v) is 6.40. The number of nitro benzene ring substituents is 1. The zero-order valence-electron chi connectivity index (χ0n) is 12.5. The van der Waals surface area contributed by atoms with E-state index in [9.17, 15) is 19.7 Å². The van der Waals surface area contributed by atoms with Crippen LogP contribution in [-0.2, 0) is 9.53 Å². The highest BCUT2D eigenvalue weighted by Gasteiger charge is 2.23. The van der Waals surface area contributed by atoms with E-state index in [1.807, 2.05) is 0 Å². The molecule has 0 N–H and O–H groups in total. The summed E-state index contributed by atoms with van der Waals surface area (Å²) >= 11 is 0. The van der Waals surface area contributed by atoms with E-state index in [4.69, 9.17) is 0 Å². The number of non-ortho nitro benzene ring substituents is 1. The minimum absolute atomic E-state index is 0.153. The Morgan fingerprint density at radius 2 is 1.95 bits per heavy atom. The molecule has 7 heteroatoms. The van der Waals surface area contributed by atoms with Gasteiger partial charge in [0.25, 0.3) is 11.6 Å². The number of amides is 1. The summed E-state index contributed by atoms with van der Waals surface area (Å²) in [5, 5.41) is 10.9. The number of hydrogen-bond donors (Lipinski definition) is 0. The molecule has 1 aromatic rings. The van der Waals surface area contributed by atoms with Gasteiger partial charge in [-0.1, -0.05) is 0 Å². The third-order valence-corrected chi connectivity index (χ3v) is 2.93. The van der Waals surface area contributed by atoms with Crippen molar-refractivity contribution in [3.05, 3.63) is 39.4 Å². The maximum absolute atomic E-state index is 12.5. The fraction of sp³-hybridized carbons (Fsp3) is 0.429. The Kier molecular flexibility index (Phi) is 5.40. The molecule has 1 amide bonds. The van der Waals surface area contributed by atoms with Gasteiger partial charge in [0, 0.05) is 23.7 Å². The van der Waals surface area contributed by atoms with Crippen LogP contribution in [0.2, 0.25) is 0 Å². The predicted molar refractivity (Wildman–Crippen MR) is 76.0 cm³/mol. The molecule has 0 saturated carbocycles. The molecule has 0 fully saturated rings. The predicted octanol–water partition coefficient (Wildman–Crippen LogP) is 1.93. The number of rotatable bonds is 5. The summed E-state index contributed by atoms with van der Waals surface area (Å²) < 4.78 is 4.56. The van der Waals surface area contributed by atoms with E-state index >= 15 is 0 Å². The number of benzene rings is 1. The van der Waals surface area contributed by atoms with Crippen LogP contribution in [0, 0.1) is 17.0 Å². The smallest absolute Gasteiger partial charge is 0.325 e. The number of nitro groups is 1. The van der Waals surface area contributed by atoms with Crippen molar-refractivity contribution in [3.8, 4) is 0 Å². The van der Waals surface area contributed by atoms with Gasteiger partial charge in [0.2, 0.25) is 0 Å².